The summed E-state index contributed by atoms with van der Waals surface area (Å²) in [5, 5.41) is 11.8. The Morgan fingerprint density at radius 1 is 1.19 bits per heavy atom. The molecule has 1 heterocycles. The number of rotatable bonds is 5. The Morgan fingerprint density at radius 2 is 1.85 bits per heavy atom. The quantitative estimate of drug-likeness (QED) is 0.831. The molecular formula is C17H18F3N2O4S-. The van der Waals surface area contributed by atoms with E-state index in [2.05, 4.69) is 0 Å². The number of hydrogen-bond donors (Lipinski definition) is 1. The Balaban J connectivity index is 1.97. The number of aromatic nitrogens is 1. The summed E-state index contributed by atoms with van der Waals surface area (Å²) in [4.78, 5) is 11.5. The third-order valence-electron chi connectivity index (χ3n) is 4.83. The van der Waals surface area contributed by atoms with Crippen molar-refractivity contribution < 1.29 is 31.5 Å². The molecular weight excluding hydrogens is 385 g/mol. The van der Waals surface area contributed by atoms with Gasteiger partial charge in [-0.1, -0.05) is 19.3 Å². The monoisotopic (exact) mass is 403 g/mol. The van der Waals surface area contributed by atoms with Gasteiger partial charge >= 0.3 is 15.5 Å². The Bertz CT molecular complexity index is 960. The van der Waals surface area contributed by atoms with Crippen molar-refractivity contribution in [3.05, 3.63) is 30.0 Å². The largest absolute Gasteiger partial charge is 0.543 e. The lowest BCUT2D eigenvalue weighted by Gasteiger charge is -2.24. The fourth-order valence-electron chi connectivity index (χ4n) is 3.54. The minimum atomic E-state index is -5.55. The number of nitrogens with zero attached hydrogens (tertiary/aromatic N) is 1. The summed E-state index contributed by atoms with van der Waals surface area (Å²) in [6.07, 6.45) is 5.27. The van der Waals surface area contributed by atoms with Crippen LogP contribution in [0, 0.1) is 5.92 Å². The summed E-state index contributed by atoms with van der Waals surface area (Å²) in [6.45, 7) is 0.473. The minimum absolute atomic E-state index is 0.0774. The second-order valence-corrected chi connectivity index (χ2v) is 8.43. The molecule has 1 fully saturated rings. The summed E-state index contributed by atoms with van der Waals surface area (Å²) < 4.78 is 63.1. The second kappa shape index (κ2) is 7.06. The zero-order valence-corrected chi connectivity index (χ0v) is 15.1. The molecule has 0 aliphatic heterocycles. The van der Waals surface area contributed by atoms with Crippen LogP contribution in [0.4, 0.5) is 18.9 Å². The van der Waals surface area contributed by atoms with Crippen molar-refractivity contribution in [3.8, 4) is 0 Å². The van der Waals surface area contributed by atoms with Crippen molar-refractivity contribution in [2.75, 3.05) is 4.72 Å². The van der Waals surface area contributed by atoms with Crippen LogP contribution in [0.1, 0.15) is 42.6 Å². The predicted octanol–water partition coefficient (Wildman–Crippen LogP) is 2.85. The van der Waals surface area contributed by atoms with Crippen molar-refractivity contribution in [2.45, 2.75) is 44.2 Å². The molecule has 148 valence electrons. The SMILES string of the molecule is O=C([O-])c1cc2cc(NS(=O)(=O)C(F)(F)F)ccc2n1CC1CCCCC1. The van der Waals surface area contributed by atoms with E-state index in [1.807, 2.05) is 0 Å². The van der Waals surface area contributed by atoms with Crippen molar-refractivity contribution in [3.63, 3.8) is 0 Å². The topological polar surface area (TPSA) is 91.2 Å². The molecule has 0 saturated heterocycles. The lowest BCUT2D eigenvalue weighted by Crippen LogP contribution is -2.29. The number of hydrogen-bond acceptors (Lipinski definition) is 4. The molecule has 27 heavy (non-hydrogen) atoms. The van der Waals surface area contributed by atoms with Gasteiger partial charge in [-0.05, 0) is 43.0 Å². The molecule has 1 aliphatic carbocycles. The molecule has 1 N–H and O–H groups in total. The van der Waals surface area contributed by atoms with E-state index in [9.17, 15) is 31.5 Å². The number of benzene rings is 1. The molecule has 10 heteroatoms. The first-order valence-electron chi connectivity index (χ1n) is 8.52. The first-order valence-corrected chi connectivity index (χ1v) is 10.0. The van der Waals surface area contributed by atoms with E-state index in [-0.39, 0.29) is 11.4 Å². The van der Waals surface area contributed by atoms with Crippen molar-refractivity contribution in [1.82, 2.24) is 4.57 Å². The van der Waals surface area contributed by atoms with Crippen molar-refractivity contribution >= 4 is 32.6 Å². The Morgan fingerprint density at radius 3 is 2.44 bits per heavy atom. The molecule has 1 aromatic carbocycles. The van der Waals surface area contributed by atoms with E-state index in [0.717, 1.165) is 32.1 Å². The van der Waals surface area contributed by atoms with Gasteiger partial charge in [-0.2, -0.15) is 21.6 Å². The summed E-state index contributed by atoms with van der Waals surface area (Å²) >= 11 is 0. The molecule has 0 spiro atoms. The maximum Gasteiger partial charge on any atom is 0.516 e. The smallest absolute Gasteiger partial charge is 0.516 e. The van der Waals surface area contributed by atoms with Crippen LogP contribution in [-0.4, -0.2) is 24.5 Å². The number of nitrogens with one attached hydrogen (secondary N) is 1. The molecule has 1 aliphatic rings. The summed E-state index contributed by atoms with van der Waals surface area (Å²) in [5.41, 5.74) is -5.30. The highest BCUT2D eigenvalue weighted by molar-refractivity contribution is 7.93. The van der Waals surface area contributed by atoms with Crippen LogP contribution in [0.5, 0.6) is 0 Å². The van der Waals surface area contributed by atoms with Gasteiger partial charge in [-0.3, -0.25) is 4.72 Å². The Labute approximate surface area is 154 Å². The van der Waals surface area contributed by atoms with Gasteiger partial charge in [0.05, 0.1) is 11.7 Å². The molecule has 0 unspecified atom stereocenters. The highest BCUT2D eigenvalue weighted by Crippen LogP contribution is 2.31. The lowest BCUT2D eigenvalue weighted by molar-refractivity contribution is -0.255. The summed E-state index contributed by atoms with van der Waals surface area (Å²) in [6, 6.07) is 5.07. The van der Waals surface area contributed by atoms with Crippen LogP contribution < -0.4 is 9.83 Å². The van der Waals surface area contributed by atoms with E-state index in [4.69, 9.17) is 0 Å². The van der Waals surface area contributed by atoms with E-state index < -0.39 is 21.5 Å². The average Bonchev–Trinajstić information content (AvgIpc) is 2.92. The van der Waals surface area contributed by atoms with Gasteiger partial charge in [0, 0.05) is 23.1 Å². The number of fused-ring (bicyclic) bond motifs is 1. The van der Waals surface area contributed by atoms with Gasteiger partial charge in [-0.15, -0.1) is 0 Å². The number of carbonyl (C=O) groups is 1. The Kier molecular flexibility index (Phi) is 5.11. The van der Waals surface area contributed by atoms with Crippen LogP contribution in [0.15, 0.2) is 24.3 Å². The molecule has 1 aromatic heterocycles. The summed E-state index contributed by atoms with van der Waals surface area (Å²) in [5.74, 6) is -1.07. The normalized spacial score (nSPS) is 16.6. The molecule has 3 rings (SSSR count). The van der Waals surface area contributed by atoms with Gasteiger partial charge in [0.15, 0.2) is 0 Å². The molecule has 6 nitrogen and oxygen atoms in total. The Hall–Kier alpha value is -2.23. The van der Waals surface area contributed by atoms with Crippen LogP contribution in [0.25, 0.3) is 10.9 Å². The molecule has 0 bridgehead atoms. The number of carbonyl (C=O) groups excluding carboxylic acids is 1. The van der Waals surface area contributed by atoms with Crippen molar-refractivity contribution in [1.29, 1.82) is 0 Å². The number of carboxylic acids is 1. The number of carboxylic acid groups (broad SMARTS) is 1. The van der Waals surface area contributed by atoms with E-state index >= 15 is 0 Å². The minimum Gasteiger partial charge on any atom is -0.543 e. The third-order valence-corrected chi connectivity index (χ3v) is 5.95. The van der Waals surface area contributed by atoms with Crippen LogP contribution in [-0.2, 0) is 16.6 Å². The molecule has 0 amide bonds. The zero-order chi connectivity index (χ0) is 19.8. The molecule has 0 radical (unpaired) electrons. The fraction of sp³-hybridized carbons (Fsp3) is 0.471. The lowest BCUT2D eigenvalue weighted by atomic mass is 9.89. The second-order valence-electron chi connectivity index (χ2n) is 6.76. The van der Waals surface area contributed by atoms with Crippen molar-refractivity contribution in [2.24, 2.45) is 5.92 Å². The third kappa shape index (κ3) is 4.05. The van der Waals surface area contributed by atoms with Gasteiger partial charge < -0.3 is 14.5 Å². The van der Waals surface area contributed by atoms with Gasteiger partial charge in [0.1, 0.15) is 0 Å². The molecule has 2 aromatic rings. The predicted molar refractivity (Wildman–Crippen MR) is 91.4 cm³/mol. The number of anilines is 1. The average molecular weight is 403 g/mol. The summed E-state index contributed by atoms with van der Waals surface area (Å²) in [7, 11) is -5.55. The van der Waals surface area contributed by atoms with Crippen LogP contribution in [0.3, 0.4) is 0 Å². The molecule has 1 saturated carbocycles. The van der Waals surface area contributed by atoms with Crippen LogP contribution in [0.2, 0.25) is 0 Å². The van der Waals surface area contributed by atoms with Gasteiger partial charge in [0.2, 0.25) is 0 Å². The first kappa shape index (κ1) is 19.5. The fourth-order valence-corrected chi connectivity index (χ4v) is 4.09. The number of halogens is 3. The number of aromatic carboxylic acids is 1. The van der Waals surface area contributed by atoms with Gasteiger partial charge in [0.25, 0.3) is 0 Å². The molecule has 0 atom stereocenters. The van der Waals surface area contributed by atoms with E-state index in [1.165, 1.54) is 29.0 Å². The van der Waals surface area contributed by atoms with Gasteiger partial charge in [-0.25, -0.2) is 0 Å². The van der Waals surface area contributed by atoms with Crippen LogP contribution >= 0.6 is 0 Å². The first-order chi connectivity index (χ1) is 12.6. The maximum absolute atomic E-state index is 12.5. The van der Waals surface area contributed by atoms with E-state index in [1.54, 1.807) is 4.57 Å². The van der Waals surface area contributed by atoms with E-state index in [0.29, 0.717) is 23.4 Å². The maximum atomic E-state index is 12.5. The highest BCUT2D eigenvalue weighted by Gasteiger charge is 2.46. The standard InChI is InChI=1S/C17H19F3N2O4S/c18-17(19,20)27(25,26)21-13-6-7-14-12(8-13)9-15(16(23)24)22(14)10-11-4-2-1-3-5-11/h6-9,11,21H,1-5,10H2,(H,23,24)/p-1. The highest BCUT2D eigenvalue weighted by atomic mass is 32.2. The number of sulfonamides is 1. The number of alkyl halides is 3. The zero-order valence-electron chi connectivity index (χ0n) is 14.3.